The van der Waals surface area contributed by atoms with Gasteiger partial charge in [0.2, 0.25) is 0 Å². The molecule has 40 valence electrons. The Morgan fingerprint density at radius 1 is 0.833 bits per heavy atom. The first-order valence-corrected chi connectivity index (χ1v) is 0.894. The monoisotopic (exact) mass is 127 g/mol. The van der Waals surface area contributed by atoms with Crippen molar-refractivity contribution in [3.8, 4) is 0 Å². The zero-order valence-corrected chi connectivity index (χ0v) is 5.96. The first kappa shape index (κ1) is 30.3. The minimum absolute atomic E-state index is 0. The summed E-state index contributed by atoms with van der Waals surface area (Å²) in [5, 5.41) is 14.0. The van der Waals surface area contributed by atoms with E-state index in [4.69, 9.17) is 10.2 Å². The minimum Gasteiger partial charge on any atom is -0.400 e. The van der Waals surface area contributed by atoms with Gasteiger partial charge in [-0.15, -0.1) is 0 Å². The van der Waals surface area contributed by atoms with Crippen LogP contribution in [-0.2, 0) is 21.7 Å². The Balaban J connectivity index is -0.00000000500. The van der Waals surface area contributed by atoms with Crippen LogP contribution in [0.5, 0.6) is 0 Å². The molecule has 0 aliphatic carbocycles. The molecule has 0 heterocycles. The van der Waals surface area contributed by atoms with Crippen molar-refractivity contribution in [1.29, 1.82) is 0 Å². The van der Waals surface area contributed by atoms with E-state index in [1.165, 1.54) is 0 Å². The summed E-state index contributed by atoms with van der Waals surface area (Å²) in [5.74, 6) is 0. The van der Waals surface area contributed by atoms with Crippen LogP contribution in [0, 0.1) is 7.43 Å². The summed E-state index contributed by atoms with van der Waals surface area (Å²) in [6.45, 7) is 0. The normalized spacial score (nSPS) is 2.00. The quantitative estimate of drug-likeness (QED) is 0.345. The Morgan fingerprint density at radius 2 is 0.833 bits per heavy atom. The van der Waals surface area contributed by atoms with Crippen molar-refractivity contribution in [2.75, 3.05) is 14.2 Å². The number of aliphatic hydroxyl groups excluding tert-OH is 2. The minimum atomic E-state index is 0. The van der Waals surface area contributed by atoms with Crippen LogP contribution >= 0.6 is 0 Å². The van der Waals surface area contributed by atoms with E-state index in [-0.39, 0.29) is 29.1 Å². The van der Waals surface area contributed by atoms with E-state index in [9.17, 15) is 0 Å². The van der Waals surface area contributed by atoms with Gasteiger partial charge in [0, 0.05) is 35.9 Å². The van der Waals surface area contributed by atoms with Gasteiger partial charge < -0.3 is 17.6 Å². The number of rotatable bonds is 0. The molecule has 0 aromatic heterocycles. The molecule has 6 heavy (non-hydrogen) atoms. The van der Waals surface area contributed by atoms with E-state index in [0.29, 0.717) is 0 Å². The van der Waals surface area contributed by atoms with Crippen molar-refractivity contribution < 1.29 is 31.9 Å². The van der Waals surface area contributed by atoms with Crippen molar-refractivity contribution in [3.63, 3.8) is 0 Å². The van der Waals surface area contributed by atoms with Crippen LogP contribution in [0.15, 0.2) is 0 Å². The molecule has 2 N–H and O–H groups in total. The Labute approximate surface area is 54.1 Å². The van der Waals surface area contributed by atoms with E-state index in [2.05, 4.69) is 0 Å². The van der Waals surface area contributed by atoms with Crippen LogP contribution in [-0.4, -0.2) is 24.4 Å². The molecule has 0 aromatic rings. The van der Waals surface area contributed by atoms with Gasteiger partial charge in [-0.2, -0.15) is 0 Å². The van der Waals surface area contributed by atoms with Gasteiger partial charge in [-0.05, 0) is 0 Å². The van der Waals surface area contributed by atoms with Gasteiger partial charge in [0.15, 0.2) is 0 Å². The molecule has 0 radical (unpaired) electrons. The molecule has 0 fully saturated rings. The third kappa shape index (κ3) is 152. The van der Waals surface area contributed by atoms with E-state index >= 15 is 0 Å². The number of aliphatic hydroxyl groups is 2. The van der Waals surface area contributed by atoms with Gasteiger partial charge >= 0.3 is 0 Å². The van der Waals surface area contributed by atoms with E-state index in [1.54, 1.807) is 0 Å². The second-order valence-corrected chi connectivity index (χ2v) is 0. The molecule has 3 heteroatoms. The standard InChI is InChI=1S/2CH4O.CH3.Ti/c2*1-2;;/h2*2H,1H3;1H3;/q;;-1;. The average molecular weight is 127 g/mol. The number of hydrogen-bond donors (Lipinski definition) is 2. The van der Waals surface area contributed by atoms with Crippen LogP contribution < -0.4 is 0 Å². The van der Waals surface area contributed by atoms with Gasteiger partial charge in [-0.3, -0.25) is 0 Å². The van der Waals surface area contributed by atoms with Gasteiger partial charge in [0.05, 0.1) is 0 Å². The molecule has 0 spiro atoms. The smallest absolute Gasteiger partial charge is 0.0319 e. The van der Waals surface area contributed by atoms with E-state index < -0.39 is 0 Å². The summed E-state index contributed by atoms with van der Waals surface area (Å²) < 4.78 is 0. The molecule has 0 saturated heterocycles. The molecule has 2 nitrogen and oxygen atoms in total. The molecular formula is C3H11O2Ti-. The van der Waals surface area contributed by atoms with Crippen molar-refractivity contribution in [3.05, 3.63) is 7.43 Å². The van der Waals surface area contributed by atoms with Gasteiger partial charge in [-0.25, -0.2) is 0 Å². The predicted octanol–water partition coefficient (Wildman–Crippen LogP) is -0.335. The molecule has 0 unspecified atom stereocenters. The van der Waals surface area contributed by atoms with Gasteiger partial charge in [0.1, 0.15) is 0 Å². The Hall–Kier alpha value is 0.634. The average Bonchev–Trinajstić information content (AvgIpc) is 1.50. The molecule has 0 aliphatic heterocycles. The van der Waals surface area contributed by atoms with Crippen LogP contribution in [0.3, 0.4) is 0 Å². The third-order valence-corrected chi connectivity index (χ3v) is 0. The number of hydrogen-bond acceptors (Lipinski definition) is 2. The molecule has 0 aliphatic rings. The van der Waals surface area contributed by atoms with Crippen LogP contribution in [0.1, 0.15) is 0 Å². The topological polar surface area (TPSA) is 40.5 Å². The van der Waals surface area contributed by atoms with Crippen LogP contribution in [0.25, 0.3) is 0 Å². The summed E-state index contributed by atoms with van der Waals surface area (Å²) in [7, 11) is 2.00. The Kier molecular flexibility index (Phi) is 1520. The van der Waals surface area contributed by atoms with Crippen molar-refractivity contribution in [1.82, 2.24) is 0 Å². The summed E-state index contributed by atoms with van der Waals surface area (Å²) in [6.07, 6.45) is 0. The molecule has 0 rings (SSSR count). The van der Waals surface area contributed by atoms with Crippen molar-refractivity contribution >= 4 is 0 Å². The molecule has 0 aromatic carbocycles. The van der Waals surface area contributed by atoms with Crippen molar-refractivity contribution in [2.24, 2.45) is 0 Å². The summed E-state index contributed by atoms with van der Waals surface area (Å²) in [5.41, 5.74) is 0. The van der Waals surface area contributed by atoms with Gasteiger partial charge in [0.25, 0.3) is 0 Å². The fourth-order valence-corrected chi connectivity index (χ4v) is 0. The zero-order chi connectivity index (χ0) is 4.00. The molecule has 0 atom stereocenters. The molecule has 0 amide bonds. The maximum absolute atomic E-state index is 7.00. The largest absolute Gasteiger partial charge is 0.400 e. The van der Waals surface area contributed by atoms with E-state index in [0.717, 1.165) is 14.2 Å². The van der Waals surface area contributed by atoms with E-state index in [1.807, 2.05) is 0 Å². The first-order valence-electron chi connectivity index (χ1n) is 0.894. The predicted molar refractivity (Wildman–Crippen MR) is 22.7 cm³/mol. The third-order valence-electron chi connectivity index (χ3n) is 0. The Morgan fingerprint density at radius 3 is 0.833 bits per heavy atom. The molecule has 0 bridgehead atoms. The zero-order valence-electron chi connectivity index (χ0n) is 4.39. The summed E-state index contributed by atoms with van der Waals surface area (Å²) in [6, 6.07) is 0. The van der Waals surface area contributed by atoms with Gasteiger partial charge in [-0.1, -0.05) is 0 Å². The summed E-state index contributed by atoms with van der Waals surface area (Å²) >= 11 is 0. The maximum atomic E-state index is 7.00. The summed E-state index contributed by atoms with van der Waals surface area (Å²) in [4.78, 5) is 0. The van der Waals surface area contributed by atoms with Crippen LogP contribution in [0.2, 0.25) is 0 Å². The van der Waals surface area contributed by atoms with Crippen LogP contribution in [0.4, 0.5) is 0 Å². The Bertz CT molecular complexity index is 8.75. The fraction of sp³-hybridized carbons (Fsp3) is 0.667. The first-order chi connectivity index (χ1) is 2.00. The molecular weight excluding hydrogens is 116 g/mol. The second-order valence-electron chi connectivity index (χ2n) is 0. The fourth-order valence-electron chi connectivity index (χ4n) is 0. The molecule has 0 saturated carbocycles. The van der Waals surface area contributed by atoms with Crippen molar-refractivity contribution in [2.45, 2.75) is 0 Å². The maximum Gasteiger partial charge on any atom is 0.0319 e. The SMILES string of the molecule is CO.CO.[CH3-].[Ti]. The second kappa shape index (κ2) is 301.